The Kier molecular flexibility index (Phi) is 5.46. The number of carbonyl (C=O) groups is 1. The van der Waals surface area contributed by atoms with Gasteiger partial charge in [0.05, 0.1) is 10.6 Å². The average molecular weight is 398 g/mol. The van der Waals surface area contributed by atoms with Crippen molar-refractivity contribution in [2.24, 2.45) is 0 Å². The summed E-state index contributed by atoms with van der Waals surface area (Å²) < 4.78 is 40.7. The molecule has 144 valence electrons. The van der Waals surface area contributed by atoms with Crippen molar-refractivity contribution in [1.82, 2.24) is 0 Å². The van der Waals surface area contributed by atoms with Gasteiger partial charge in [0.25, 0.3) is 15.9 Å². The molecule has 28 heavy (non-hydrogen) atoms. The molecular formula is C21H19FN2O3S. The number of amides is 1. The predicted octanol–water partition coefficient (Wildman–Crippen LogP) is 4.50. The summed E-state index contributed by atoms with van der Waals surface area (Å²) in [6.45, 7) is 3.70. The number of benzene rings is 3. The quantitative estimate of drug-likeness (QED) is 0.665. The van der Waals surface area contributed by atoms with Gasteiger partial charge in [-0.15, -0.1) is 0 Å². The van der Waals surface area contributed by atoms with Crippen molar-refractivity contribution in [3.8, 4) is 0 Å². The Morgan fingerprint density at radius 2 is 1.54 bits per heavy atom. The molecule has 2 N–H and O–H groups in total. The number of aryl methyl sites for hydroxylation is 2. The molecule has 0 heterocycles. The zero-order valence-electron chi connectivity index (χ0n) is 15.4. The molecule has 0 aromatic heterocycles. The number of hydrogen-bond acceptors (Lipinski definition) is 3. The molecule has 3 aromatic carbocycles. The van der Waals surface area contributed by atoms with Crippen LogP contribution in [0.15, 0.2) is 71.6 Å². The van der Waals surface area contributed by atoms with E-state index in [0.717, 1.165) is 11.1 Å². The third-order valence-electron chi connectivity index (χ3n) is 4.17. The fourth-order valence-corrected chi connectivity index (χ4v) is 3.69. The highest BCUT2D eigenvalue weighted by Crippen LogP contribution is 2.21. The Labute approximate surface area is 163 Å². The molecule has 0 radical (unpaired) electrons. The summed E-state index contributed by atoms with van der Waals surface area (Å²) in [5.41, 5.74) is 2.99. The number of hydrogen-bond donors (Lipinski definition) is 2. The van der Waals surface area contributed by atoms with Crippen molar-refractivity contribution in [1.29, 1.82) is 0 Å². The van der Waals surface area contributed by atoms with Crippen LogP contribution in [0.4, 0.5) is 15.8 Å². The highest BCUT2D eigenvalue weighted by Gasteiger charge is 2.16. The molecule has 5 nitrogen and oxygen atoms in total. The lowest BCUT2D eigenvalue weighted by Crippen LogP contribution is -2.15. The second-order valence-corrected chi connectivity index (χ2v) is 8.09. The lowest BCUT2D eigenvalue weighted by Gasteiger charge is -2.12. The molecule has 0 atom stereocenters. The van der Waals surface area contributed by atoms with E-state index in [1.54, 1.807) is 6.07 Å². The second-order valence-electron chi connectivity index (χ2n) is 6.41. The molecular weight excluding hydrogens is 379 g/mol. The Balaban J connectivity index is 1.76. The summed E-state index contributed by atoms with van der Waals surface area (Å²) in [4.78, 5) is 12.3. The van der Waals surface area contributed by atoms with Crippen molar-refractivity contribution in [2.75, 3.05) is 10.0 Å². The van der Waals surface area contributed by atoms with Gasteiger partial charge in [-0.05, 0) is 79.6 Å². The maximum Gasteiger partial charge on any atom is 0.261 e. The van der Waals surface area contributed by atoms with Crippen LogP contribution in [0.2, 0.25) is 0 Å². The van der Waals surface area contributed by atoms with Gasteiger partial charge in [-0.1, -0.05) is 12.1 Å². The van der Waals surface area contributed by atoms with Gasteiger partial charge in [0.2, 0.25) is 0 Å². The topological polar surface area (TPSA) is 75.3 Å². The summed E-state index contributed by atoms with van der Waals surface area (Å²) in [6.07, 6.45) is 0. The molecule has 0 bridgehead atoms. The third kappa shape index (κ3) is 4.55. The minimum absolute atomic E-state index is 0.0479. The number of nitrogens with one attached hydrogen (secondary N) is 2. The number of rotatable bonds is 5. The Bertz CT molecular complexity index is 1110. The van der Waals surface area contributed by atoms with Gasteiger partial charge in [-0.2, -0.15) is 0 Å². The number of sulfonamides is 1. The van der Waals surface area contributed by atoms with Gasteiger partial charge in [0.1, 0.15) is 5.82 Å². The van der Waals surface area contributed by atoms with E-state index in [1.807, 2.05) is 26.0 Å². The number of halogens is 1. The summed E-state index contributed by atoms with van der Waals surface area (Å²) in [5, 5.41) is 2.63. The van der Waals surface area contributed by atoms with Crippen molar-refractivity contribution >= 4 is 27.3 Å². The third-order valence-corrected chi connectivity index (χ3v) is 5.55. The van der Waals surface area contributed by atoms with Crippen LogP contribution in [0.1, 0.15) is 21.5 Å². The number of carbonyl (C=O) groups excluding carboxylic acids is 1. The van der Waals surface area contributed by atoms with Crippen molar-refractivity contribution in [2.45, 2.75) is 18.7 Å². The first kappa shape index (κ1) is 19.6. The fourth-order valence-electron chi connectivity index (χ4n) is 2.57. The van der Waals surface area contributed by atoms with Crippen LogP contribution in [-0.2, 0) is 10.0 Å². The molecule has 0 unspecified atom stereocenters. The molecule has 0 aliphatic rings. The molecule has 0 fully saturated rings. The molecule has 0 saturated heterocycles. The minimum Gasteiger partial charge on any atom is -0.322 e. The minimum atomic E-state index is -3.78. The average Bonchev–Trinajstić information content (AvgIpc) is 2.66. The van der Waals surface area contributed by atoms with E-state index in [9.17, 15) is 17.6 Å². The van der Waals surface area contributed by atoms with Crippen molar-refractivity contribution < 1.29 is 17.6 Å². The molecule has 3 aromatic rings. The SMILES string of the molecule is Cc1ccc(C)c(NS(=O)(=O)c2ccc(C(=O)Nc3ccc(F)cc3)cc2)c1. The largest absolute Gasteiger partial charge is 0.322 e. The van der Waals surface area contributed by atoms with Gasteiger partial charge in [0, 0.05) is 11.3 Å². The number of anilines is 2. The first-order valence-electron chi connectivity index (χ1n) is 8.52. The molecule has 0 aliphatic carbocycles. The lowest BCUT2D eigenvalue weighted by atomic mass is 10.1. The summed E-state index contributed by atoms with van der Waals surface area (Å²) in [5.74, 6) is -0.818. The summed E-state index contributed by atoms with van der Waals surface area (Å²) in [7, 11) is -3.78. The van der Waals surface area contributed by atoms with Gasteiger partial charge < -0.3 is 5.32 Å². The van der Waals surface area contributed by atoms with Crippen LogP contribution >= 0.6 is 0 Å². The highest BCUT2D eigenvalue weighted by molar-refractivity contribution is 7.92. The van der Waals surface area contributed by atoms with E-state index in [1.165, 1.54) is 48.5 Å². The van der Waals surface area contributed by atoms with Gasteiger partial charge in [0.15, 0.2) is 0 Å². The monoisotopic (exact) mass is 398 g/mol. The lowest BCUT2D eigenvalue weighted by molar-refractivity contribution is 0.102. The highest BCUT2D eigenvalue weighted by atomic mass is 32.2. The van der Waals surface area contributed by atoms with Gasteiger partial charge >= 0.3 is 0 Å². The van der Waals surface area contributed by atoms with Crippen LogP contribution in [0.5, 0.6) is 0 Å². The maximum absolute atomic E-state index is 12.9. The Hall–Kier alpha value is -3.19. The van der Waals surface area contributed by atoms with Gasteiger partial charge in [-0.25, -0.2) is 12.8 Å². The molecule has 7 heteroatoms. The van der Waals surface area contributed by atoms with E-state index < -0.39 is 21.7 Å². The van der Waals surface area contributed by atoms with Crippen LogP contribution in [0, 0.1) is 19.7 Å². The summed E-state index contributed by atoms with van der Waals surface area (Å²) >= 11 is 0. The molecule has 0 aliphatic heterocycles. The predicted molar refractivity (Wildman–Crippen MR) is 108 cm³/mol. The van der Waals surface area contributed by atoms with Gasteiger partial charge in [-0.3, -0.25) is 9.52 Å². The fraction of sp³-hybridized carbons (Fsp3) is 0.0952. The van der Waals surface area contributed by atoms with Crippen LogP contribution < -0.4 is 10.0 Å². The summed E-state index contributed by atoms with van der Waals surface area (Å²) in [6, 6.07) is 16.5. The van der Waals surface area contributed by atoms with E-state index in [2.05, 4.69) is 10.0 Å². The molecule has 1 amide bonds. The van der Waals surface area contributed by atoms with E-state index >= 15 is 0 Å². The van der Waals surface area contributed by atoms with E-state index in [-0.39, 0.29) is 10.5 Å². The normalized spacial score (nSPS) is 11.1. The van der Waals surface area contributed by atoms with Crippen LogP contribution in [-0.4, -0.2) is 14.3 Å². The Morgan fingerprint density at radius 3 is 2.18 bits per heavy atom. The Morgan fingerprint density at radius 1 is 0.893 bits per heavy atom. The standard InChI is InChI=1S/C21H19FN2O3S/c1-14-3-4-15(2)20(13-14)24-28(26,27)19-11-5-16(6-12-19)21(25)23-18-9-7-17(22)8-10-18/h3-13,24H,1-2H3,(H,23,25). The zero-order valence-corrected chi connectivity index (χ0v) is 16.2. The second kappa shape index (κ2) is 7.82. The zero-order chi connectivity index (χ0) is 20.3. The van der Waals surface area contributed by atoms with E-state index in [4.69, 9.17) is 0 Å². The molecule has 0 spiro atoms. The first-order valence-corrected chi connectivity index (χ1v) is 10.00. The van der Waals surface area contributed by atoms with Crippen molar-refractivity contribution in [3.05, 3.63) is 89.2 Å². The first-order chi connectivity index (χ1) is 13.2. The van der Waals surface area contributed by atoms with E-state index in [0.29, 0.717) is 11.4 Å². The van der Waals surface area contributed by atoms with Crippen LogP contribution in [0.3, 0.4) is 0 Å². The van der Waals surface area contributed by atoms with Crippen LogP contribution in [0.25, 0.3) is 0 Å². The maximum atomic E-state index is 12.9. The van der Waals surface area contributed by atoms with Crippen molar-refractivity contribution in [3.63, 3.8) is 0 Å². The molecule has 3 rings (SSSR count). The smallest absolute Gasteiger partial charge is 0.261 e. The molecule has 0 saturated carbocycles.